The Balaban J connectivity index is 2.10. The minimum atomic E-state index is -0.844. The summed E-state index contributed by atoms with van der Waals surface area (Å²) in [4.78, 5) is 19.4. The first-order chi connectivity index (χ1) is 15.8. The van der Waals surface area contributed by atoms with Gasteiger partial charge in [0.2, 0.25) is 5.91 Å². The van der Waals surface area contributed by atoms with E-state index in [1.54, 1.807) is 29.3 Å². The van der Waals surface area contributed by atoms with E-state index < -0.39 is 5.54 Å². The lowest BCUT2D eigenvalue weighted by Gasteiger charge is -2.38. The highest BCUT2D eigenvalue weighted by Gasteiger charge is 2.36. The van der Waals surface area contributed by atoms with Crippen molar-refractivity contribution in [2.45, 2.75) is 32.4 Å². The number of carbonyl (C=O) groups excluding carboxylic acids is 1. The molecule has 6 nitrogen and oxygen atoms in total. The highest BCUT2D eigenvalue weighted by Crippen LogP contribution is 2.31. The Morgan fingerprint density at radius 1 is 1.15 bits per heavy atom. The zero-order valence-electron chi connectivity index (χ0n) is 19.2. The van der Waals surface area contributed by atoms with Crippen LogP contribution < -0.4 is 5.73 Å². The van der Waals surface area contributed by atoms with Gasteiger partial charge in [-0.05, 0) is 56.6 Å². The number of ether oxygens (including phenoxy) is 1. The number of nitrogens with zero attached hydrogens (tertiary/aromatic N) is 3. The molecule has 8 heteroatoms. The molecule has 0 aliphatic heterocycles. The third-order valence-corrected chi connectivity index (χ3v) is 5.52. The van der Waals surface area contributed by atoms with Gasteiger partial charge in [0.25, 0.3) is 0 Å². The van der Waals surface area contributed by atoms with E-state index in [1.165, 1.54) is 31.4 Å². The molecule has 3 rings (SSSR count). The highest BCUT2D eigenvalue weighted by molar-refractivity contribution is 5.78. The maximum absolute atomic E-state index is 13.9. The monoisotopic (exact) mass is 456 g/mol. The second-order valence-corrected chi connectivity index (χ2v) is 8.40. The Morgan fingerprint density at radius 3 is 2.48 bits per heavy atom. The third kappa shape index (κ3) is 5.83. The molecule has 0 saturated carbocycles. The molecule has 0 radical (unpaired) electrons. The molecular formula is C25H30F2N4O2. The second kappa shape index (κ2) is 10.7. The summed E-state index contributed by atoms with van der Waals surface area (Å²) in [7, 11) is 1.47. The Bertz CT molecular complexity index is 1100. The van der Waals surface area contributed by atoms with Gasteiger partial charge in [-0.3, -0.25) is 4.79 Å². The normalized spacial score (nSPS) is 11.6. The number of aromatic nitrogens is 2. The summed E-state index contributed by atoms with van der Waals surface area (Å²) < 4.78 is 34.7. The van der Waals surface area contributed by atoms with Gasteiger partial charge in [-0.15, -0.1) is 0 Å². The lowest BCUT2D eigenvalue weighted by molar-refractivity contribution is -0.141. The average Bonchev–Trinajstić information content (AvgIpc) is 3.19. The summed E-state index contributed by atoms with van der Waals surface area (Å²) in [6, 6.07) is 12.5. The Kier molecular flexibility index (Phi) is 7.94. The van der Waals surface area contributed by atoms with Gasteiger partial charge < -0.3 is 19.9 Å². The Morgan fingerprint density at radius 2 is 1.85 bits per heavy atom. The molecule has 1 aromatic heterocycles. The number of benzene rings is 2. The Labute approximate surface area is 193 Å². The third-order valence-electron chi connectivity index (χ3n) is 5.52. The van der Waals surface area contributed by atoms with Crippen molar-refractivity contribution in [3.8, 4) is 11.3 Å². The summed E-state index contributed by atoms with van der Waals surface area (Å²) in [5.74, 6) is -0.303. The topological polar surface area (TPSA) is 73.4 Å². The summed E-state index contributed by atoms with van der Waals surface area (Å²) in [5.41, 5.74) is 6.79. The van der Waals surface area contributed by atoms with Crippen LogP contribution in [0.15, 0.2) is 54.7 Å². The summed E-state index contributed by atoms with van der Waals surface area (Å²) >= 11 is 0. The van der Waals surface area contributed by atoms with Crippen molar-refractivity contribution in [1.82, 2.24) is 14.5 Å². The number of carbonyl (C=O) groups is 1. The zero-order valence-corrected chi connectivity index (χ0v) is 19.2. The molecule has 33 heavy (non-hydrogen) atoms. The van der Waals surface area contributed by atoms with Crippen LogP contribution in [0.1, 0.15) is 31.7 Å². The second-order valence-electron chi connectivity index (χ2n) is 8.40. The van der Waals surface area contributed by atoms with Gasteiger partial charge in [0.1, 0.15) is 24.1 Å². The van der Waals surface area contributed by atoms with E-state index in [2.05, 4.69) is 0 Å². The highest BCUT2D eigenvalue weighted by atomic mass is 19.1. The SMILES string of the molecule is COCC(=O)N(CCCN)C(C)(C)c1nc(-c2cccc(F)c2)cn1Cc1cccc(F)c1. The quantitative estimate of drug-likeness (QED) is 0.502. The number of nitrogens with two attached hydrogens (primary N) is 1. The van der Waals surface area contributed by atoms with Crippen LogP contribution in [0.5, 0.6) is 0 Å². The molecular weight excluding hydrogens is 426 g/mol. The largest absolute Gasteiger partial charge is 0.375 e. The zero-order chi connectivity index (χ0) is 24.0. The molecule has 0 atom stereocenters. The van der Waals surface area contributed by atoms with Crippen molar-refractivity contribution in [3.63, 3.8) is 0 Å². The van der Waals surface area contributed by atoms with Gasteiger partial charge in [0.05, 0.1) is 11.2 Å². The molecule has 2 aromatic carbocycles. The predicted octanol–water partition coefficient (Wildman–Crippen LogP) is 3.94. The number of imidazole rings is 1. The molecule has 0 unspecified atom stereocenters. The van der Waals surface area contributed by atoms with E-state index in [0.717, 1.165) is 5.56 Å². The number of methoxy groups -OCH3 is 1. The van der Waals surface area contributed by atoms with Crippen LogP contribution in [0.25, 0.3) is 11.3 Å². The van der Waals surface area contributed by atoms with E-state index in [-0.39, 0.29) is 24.1 Å². The predicted molar refractivity (Wildman–Crippen MR) is 123 cm³/mol. The van der Waals surface area contributed by atoms with Crippen LogP contribution in [0.3, 0.4) is 0 Å². The first kappa shape index (κ1) is 24.5. The van der Waals surface area contributed by atoms with Crippen molar-refractivity contribution in [3.05, 3.63) is 77.8 Å². The van der Waals surface area contributed by atoms with Crippen molar-refractivity contribution >= 4 is 5.91 Å². The van der Waals surface area contributed by atoms with Gasteiger partial charge in [0, 0.05) is 32.0 Å². The first-order valence-corrected chi connectivity index (χ1v) is 10.8. The lowest BCUT2D eigenvalue weighted by atomic mass is 10.00. The average molecular weight is 457 g/mol. The van der Waals surface area contributed by atoms with Crippen LogP contribution in [0.2, 0.25) is 0 Å². The molecule has 3 aromatic rings. The number of rotatable bonds is 10. The van der Waals surface area contributed by atoms with Crippen LogP contribution in [0, 0.1) is 11.6 Å². The maximum atomic E-state index is 13.9. The van der Waals surface area contributed by atoms with Gasteiger partial charge in [-0.25, -0.2) is 13.8 Å². The Hall–Kier alpha value is -3.10. The van der Waals surface area contributed by atoms with Crippen molar-refractivity contribution in [1.29, 1.82) is 0 Å². The molecule has 0 aliphatic carbocycles. The molecule has 176 valence electrons. The molecule has 1 heterocycles. The summed E-state index contributed by atoms with van der Waals surface area (Å²) in [5, 5.41) is 0. The van der Waals surface area contributed by atoms with E-state index in [0.29, 0.717) is 43.1 Å². The fourth-order valence-electron chi connectivity index (χ4n) is 3.93. The lowest BCUT2D eigenvalue weighted by Crippen LogP contribution is -2.49. The van der Waals surface area contributed by atoms with E-state index in [4.69, 9.17) is 15.5 Å². The first-order valence-electron chi connectivity index (χ1n) is 10.8. The fourth-order valence-corrected chi connectivity index (χ4v) is 3.93. The number of halogens is 2. The number of amides is 1. The molecule has 0 bridgehead atoms. The summed E-state index contributed by atoms with van der Waals surface area (Å²) in [6.45, 7) is 4.91. The molecule has 0 spiro atoms. The molecule has 0 fully saturated rings. The summed E-state index contributed by atoms with van der Waals surface area (Å²) in [6.07, 6.45) is 2.42. The smallest absolute Gasteiger partial charge is 0.249 e. The van der Waals surface area contributed by atoms with E-state index in [1.807, 2.05) is 24.5 Å². The van der Waals surface area contributed by atoms with Gasteiger partial charge in [-0.1, -0.05) is 24.3 Å². The minimum absolute atomic E-state index is 0.0740. The van der Waals surface area contributed by atoms with Crippen molar-refractivity contribution in [2.75, 3.05) is 26.8 Å². The molecule has 1 amide bonds. The van der Waals surface area contributed by atoms with Gasteiger partial charge in [0.15, 0.2) is 0 Å². The maximum Gasteiger partial charge on any atom is 0.249 e. The van der Waals surface area contributed by atoms with E-state index in [9.17, 15) is 13.6 Å². The van der Waals surface area contributed by atoms with Crippen LogP contribution in [-0.2, 0) is 21.6 Å². The standard InChI is InChI=1S/C25H30F2N4O2/c1-25(2,31(12-6-11-28)23(32)17-33-3)24-29-22(19-8-5-10-21(27)14-19)16-30(24)15-18-7-4-9-20(26)13-18/h4-5,7-10,13-14,16H,6,11-12,15,17,28H2,1-3H3. The van der Waals surface area contributed by atoms with Crippen molar-refractivity contribution < 1.29 is 18.3 Å². The van der Waals surface area contributed by atoms with Crippen LogP contribution >= 0.6 is 0 Å². The van der Waals surface area contributed by atoms with Crippen LogP contribution in [-0.4, -0.2) is 47.2 Å². The van der Waals surface area contributed by atoms with Gasteiger partial charge >= 0.3 is 0 Å². The van der Waals surface area contributed by atoms with Crippen molar-refractivity contribution in [2.24, 2.45) is 5.73 Å². The molecule has 2 N–H and O–H groups in total. The molecule has 0 aliphatic rings. The fraction of sp³-hybridized carbons (Fsp3) is 0.360. The number of hydrogen-bond donors (Lipinski definition) is 1. The van der Waals surface area contributed by atoms with Gasteiger partial charge in [-0.2, -0.15) is 0 Å². The number of hydrogen-bond acceptors (Lipinski definition) is 4. The van der Waals surface area contributed by atoms with Crippen LogP contribution in [0.4, 0.5) is 8.78 Å². The van der Waals surface area contributed by atoms with E-state index >= 15 is 0 Å². The minimum Gasteiger partial charge on any atom is -0.375 e. The molecule has 0 saturated heterocycles.